The van der Waals surface area contributed by atoms with Crippen LogP contribution in [0.4, 0.5) is 17.6 Å². The van der Waals surface area contributed by atoms with Crippen molar-refractivity contribution in [2.24, 2.45) is 0 Å². The lowest BCUT2D eigenvalue weighted by atomic mass is 10.0. The summed E-state index contributed by atoms with van der Waals surface area (Å²) in [6, 6.07) is 0.737. The van der Waals surface area contributed by atoms with Gasteiger partial charge < -0.3 is 10.1 Å². The van der Waals surface area contributed by atoms with Gasteiger partial charge >= 0.3 is 5.97 Å². The topological polar surface area (TPSA) is 55.4 Å². The molecule has 1 fully saturated rings. The molecule has 4 nitrogen and oxygen atoms in total. The van der Waals surface area contributed by atoms with E-state index in [1.807, 2.05) is 0 Å². The second kappa shape index (κ2) is 6.80. The summed E-state index contributed by atoms with van der Waals surface area (Å²) in [5, 5.41) is 2.49. The summed E-state index contributed by atoms with van der Waals surface area (Å²) in [5.41, 5.74) is -1.45. The summed E-state index contributed by atoms with van der Waals surface area (Å²) >= 11 is 0. The van der Waals surface area contributed by atoms with Crippen molar-refractivity contribution in [2.75, 3.05) is 6.61 Å². The number of Topliss-reactive ketones (excluding diaryl/α,β-unsaturated/α-hetero) is 1. The lowest BCUT2D eigenvalue weighted by Crippen LogP contribution is -2.22. The average Bonchev–Trinajstić information content (AvgIpc) is 3.21. The standard InChI is InChI=1S/C15H13F4NO3/c1-2-23-15(22)8(6-20-11-5-10(11)17)14(21)7-3-4-9(16)13(19)12(7)18/h3-4,6,10-11,20H,2,5H2,1H3. The maximum atomic E-state index is 13.7. The molecule has 1 aromatic rings. The van der Waals surface area contributed by atoms with Gasteiger partial charge in [-0.15, -0.1) is 0 Å². The lowest BCUT2D eigenvalue weighted by molar-refractivity contribution is -0.138. The molecule has 1 aliphatic rings. The number of halogens is 4. The summed E-state index contributed by atoms with van der Waals surface area (Å²) in [6.07, 6.45) is 0.0100. The highest BCUT2D eigenvalue weighted by Gasteiger charge is 2.37. The molecule has 124 valence electrons. The molecule has 0 saturated heterocycles. The van der Waals surface area contributed by atoms with Crippen LogP contribution in [0.2, 0.25) is 0 Å². The molecule has 0 radical (unpaired) electrons. The molecule has 1 N–H and O–H groups in total. The third-order valence-corrected chi connectivity index (χ3v) is 3.17. The summed E-state index contributed by atoms with van der Waals surface area (Å²) in [4.78, 5) is 24.0. The Kier molecular flexibility index (Phi) is 5.02. The van der Waals surface area contributed by atoms with Gasteiger partial charge in [0.2, 0.25) is 5.78 Å². The van der Waals surface area contributed by atoms with Crippen LogP contribution in [-0.2, 0) is 9.53 Å². The van der Waals surface area contributed by atoms with E-state index in [1.54, 1.807) is 0 Å². The van der Waals surface area contributed by atoms with Crippen LogP contribution in [0, 0.1) is 17.5 Å². The van der Waals surface area contributed by atoms with Crippen LogP contribution < -0.4 is 5.32 Å². The molecule has 0 amide bonds. The Morgan fingerprint density at radius 2 is 1.96 bits per heavy atom. The van der Waals surface area contributed by atoms with Crippen molar-refractivity contribution in [2.45, 2.75) is 25.6 Å². The maximum Gasteiger partial charge on any atom is 0.343 e. The maximum absolute atomic E-state index is 13.7. The number of esters is 1. The van der Waals surface area contributed by atoms with Gasteiger partial charge in [-0.3, -0.25) is 4.79 Å². The van der Waals surface area contributed by atoms with Crippen molar-refractivity contribution in [1.82, 2.24) is 5.32 Å². The second-order valence-corrected chi connectivity index (χ2v) is 4.86. The third kappa shape index (κ3) is 3.69. The lowest BCUT2D eigenvalue weighted by Gasteiger charge is -2.08. The number of nitrogens with one attached hydrogen (secondary N) is 1. The first-order valence-corrected chi connectivity index (χ1v) is 6.82. The minimum Gasteiger partial charge on any atom is -0.462 e. The Balaban J connectivity index is 2.32. The molecular formula is C15H13F4NO3. The average molecular weight is 331 g/mol. The van der Waals surface area contributed by atoms with Crippen LogP contribution in [-0.4, -0.2) is 30.6 Å². The van der Waals surface area contributed by atoms with Crippen LogP contribution in [0.5, 0.6) is 0 Å². The number of benzene rings is 1. The smallest absolute Gasteiger partial charge is 0.343 e. The van der Waals surface area contributed by atoms with Gasteiger partial charge in [0.15, 0.2) is 17.5 Å². The number of ketones is 1. The van der Waals surface area contributed by atoms with Crippen molar-refractivity contribution in [3.63, 3.8) is 0 Å². The first-order valence-electron chi connectivity index (χ1n) is 6.82. The van der Waals surface area contributed by atoms with E-state index in [4.69, 9.17) is 0 Å². The van der Waals surface area contributed by atoms with Crippen molar-refractivity contribution in [3.05, 3.63) is 46.9 Å². The molecule has 2 unspecified atom stereocenters. The molecule has 0 spiro atoms. The number of carbonyl (C=O) groups is 2. The van der Waals surface area contributed by atoms with Crippen LogP contribution in [0.15, 0.2) is 23.9 Å². The molecule has 0 heterocycles. The Morgan fingerprint density at radius 3 is 2.52 bits per heavy atom. The molecule has 1 saturated carbocycles. The van der Waals surface area contributed by atoms with Crippen molar-refractivity contribution >= 4 is 11.8 Å². The summed E-state index contributed by atoms with van der Waals surface area (Å²) < 4.78 is 57.3. The van der Waals surface area contributed by atoms with E-state index in [2.05, 4.69) is 10.1 Å². The van der Waals surface area contributed by atoms with Crippen molar-refractivity contribution in [3.8, 4) is 0 Å². The van der Waals surface area contributed by atoms with E-state index in [1.165, 1.54) is 6.92 Å². The second-order valence-electron chi connectivity index (χ2n) is 4.86. The third-order valence-electron chi connectivity index (χ3n) is 3.17. The zero-order valence-electron chi connectivity index (χ0n) is 12.0. The molecular weight excluding hydrogens is 318 g/mol. The van der Waals surface area contributed by atoms with Crippen LogP contribution in [0.1, 0.15) is 23.7 Å². The molecule has 23 heavy (non-hydrogen) atoms. The van der Waals surface area contributed by atoms with E-state index < -0.39 is 52.6 Å². The van der Waals surface area contributed by atoms with E-state index in [9.17, 15) is 27.2 Å². The molecule has 8 heteroatoms. The van der Waals surface area contributed by atoms with E-state index >= 15 is 0 Å². The van der Waals surface area contributed by atoms with Crippen LogP contribution >= 0.6 is 0 Å². The van der Waals surface area contributed by atoms with Gasteiger partial charge in [-0.05, 0) is 19.1 Å². The largest absolute Gasteiger partial charge is 0.462 e. The fourth-order valence-corrected chi connectivity index (χ4v) is 1.80. The summed E-state index contributed by atoms with van der Waals surface area (Å²) in [7, 11) is 0. The van der Waals surface area contributed by atoms with Crippen LogP contribution in [0.25, 0.3) is 0 Å². The van der Waals surface area contributed by atoms with Crippen LogP contribution in [0.3, 0.4) is 0 Å². The monoisotopic (exact) mass is 331 g/mol. The van der Waals surface area contributed by atoms with Gasteiger partial charge in [-0.25, -0.2) is 22.4 Å². The normalized spacial score (nSPS) is 20.1. The number of ether oxygens (including phenoxy) is 1. The SMILES string of the molecule is CCOC(=O)C(=CNC1CC1F)C(=O)c1ccc(F)c(F)c1F. The highest BCUT2D eigenvalue weighted by Crippen LogP contribution is 2.25. The molecule has 1 aromatic carbocycles. The Labute approximate surface area is 129 Å². The molecule has 0 bridgehead atoms. The molecule has 2 atom stereocenters. The van der Waals surface area contributed by atoms with E-state index in [0.29, 0.717) is 6.07 Å². The number of carbonyl (C=O) groups excluding carboxylic acids is 2. The minimum absolute atomic E-state index is 0.0567. The van der Waals surface area contributed by atoms with Gasteiger partial charge in [0.05, 0.1) is 18.2 Å². The van der Waals surface area contributed by atoms with Gasteiger partial charge in [0.1, 0.15) is 11.7 Å². The Morgan fingerprint density at radius 1 is 1.30 bits per heavy atom. The van der Waals surface area contributed by atoms with Gasteiger partial charge in [-0.2, -0.15) is 0 Å². The number of hydrogen-bond acceptors (Lipinski definition) is 4. The summed E-state index contributed by atoms with van der Waals surface area (Å²) in [5.74, 6) is -7.26. The Bertz CT molecular complexity index is 675. The van der Waals surface area contributed by atoms with Crippen molar-refractivity contribution < 1.29 is 31.9 Å². The van der Waals surface area contributed by atoms with E-state index in [-0.39, 0.29) is 13.0 Å². The van der Waals surface area contributed by atoms with Gasteiger partial charge in [0, 0.05) is 12.6 Å². The molecule has 0 aromatic heterocycles. The summed E-state index contributed by atoms with van der Waals surface area (Å²) in [6.45, 7) is 1.43. The fourth-order valence-electron chi connectivity index (χ4n) is 1.80. The van der Waals surface area contributed by atoms with Gasteiger partial charge in [-0.1, -0.05) is 0 Å². The predicted molar refractivity (Wildman–Crippen MR) is 71.8 cm³/mol. The quantitative estimate of drug-likeness (QED) is 0.165. The molecule has 0 aliphatic heterocycles. The molecule has 1 aliphatic carbocycles. The number of hydrogen-bond donors (Lipinski definition) is 1. The van der Waals surface area contributed by atoms with Crippen molar-refractivity contribution in [1.29, 1.82) is 0 Å². The predicted octanol–water partition coefficient (Wildman–Crippen LogP) is 2.43. The zero-order valence-corrected chi connectivity index (χ0v) is 12.0. The highest BCUT2D eigenvalue weighted by atomic mass is 19.2. The van der Waals surface area contributed by atoms with Gasteiger partial charge in [0.25, 0.3) is 0 Å². The minimum atomic E-state index is -1.82. The van der Waals surface area contributed by atoms with E-state index in [0.717, 1.165) is 12.3 Å². The number of rotatable bonds is 6. The highest BCUT2D eigenvalue weighted by molar-refractivity contribution is 6.24. The first kappa shape index (κ1) is 17.0. The number of alkyl halides is 1. The Hall–Kier alpha value is -2.38. The fraction of sp³-hybridized carbons (Fsp3) is 0.333. The molecule has 2 rings (SSSR count). The zero-order chi connectivity index (χ0) is 17.1. The first-order chi connectivity index (χ1) is 10.9.